The molecule has 1 amide bonds. The van der Waals surface area contributed by atoms with E-state index in [0.717, 1.165) is 50.0 Å². The van der Waals surface area contributed by atoms with Crippen LogP contribution in [-0.4, -0.2) is 78.6 Å². The summed E-state index contributed by atoms with van der Waals surface area (Å²) in [4.78, 5) is 29.3. The van der Waals surface area contributed by atoms with Crippen molar-refractivity contribution >= 4 is 29.2 Å². The second-order valence-electron chi connectivity index (χ2n) is 11.9. The van der Waals surface area contributed by atoms with Crippen molar-refractivity contribution in [1.29, 1.82) is 0 Å². The number of anilines is 1. The lowest BCUT2D eigenvalue weighted by Gasteiger charge is -2.42. The van der Waals surface area contributed by atoms with Gasteiger partial charge in [0, 0.05) is 51.2 Å². The summed E-state index contributed by atoms with van der Waals surface area (Å²) in [6.45, 7) is 4.56. The van der Waals surface area contributed by atoms with Crippen LogP contribution in [0, 0.1) is 11.8 Å². The molecular weight excluding hydrogens is 568 g/mol. The molecule has 5 atom stereocenters. The molecular formula is C34H45ClN2O6. The lowest BCUT2D eigenvalue weighted by molar-refractivity contribution is -0.142. The van der Waals surface area contributed by atoms with Gasteiger partial charge in [0.05, 0.1) is 24.3 Å². The Labute approximate surface area is 259 Å². The maximum absolute atomic E-state index is 13.0. The van der Waals surface area contributed by atoms with E-state index in [4.69, 9.17) is 21.4 Å². The number of carboxylic acid groups (broad SMARTS) is 1. The van der Waals surface area contributed by atoms with Crippen LogP contribution in [0.25, 0.3) is 0 Å². The first kappa shape index (κ1) is 32.8. The highest BCUT2D eigenvalue weighted by Gasteiger charge is 2.38. The van der Waals surface area contributed by atoms with Crippen molar-refractivity contribution in [3.8, 4) is 5.75 Å². The number of halogens is 1. The second-order valence-corrected chi connectivity index (χ2v) is 12.3. The average Bonchev–Trinajstić information content (AvgIpc) is 3.15. The van der Waals surface area contributed by atoms with Crippen molar-refractivity contribution in [3.63, 3.8) is 0 Å². The first-order valence-electron chi connectivity index (χ1n) is 15.3. The van der Waals surface area contributed by atoms with Gasteiger partial charge in [0.1, 0.15) is 5.75 Å². The zero-order chi connectivity index (χ0) is 31.1. The first-order valence-corrected chi connectivity index (χ1v) is 15.7. The summed E-state index contributed by atoms with van der Waals surface area (Å²) in [5, 5.41) is 28.9. The number of aryl methyl sites for hydroxylation is 1. The Balaban J connectivity index is 0.00000207. The number of aliphatic carboxylic acids is 1. The van der Waals surface area contributed by atoms with Gasteiger partial charge in [-0.15, -0.1) is 0 Å². The standard InChI is InChI=1S/C33H41ClN2O5.CH4O/c1-3-6-21-15-25(34)10-12-26(21)24-19-36-18-23-8-11-27(23)30(37)7-4-5-14-35(2)32(38)17-28(33(39)40)22-9-13-31(41-20-24)29(36)16-22;1-2/h4,7,9-10,12-13,15-16,23-24,27-28,30,37H,3,5-6,8,11,14,17-20H2,1-2H3,(H,39,40);2H,1H3/b7-4+;. The Hall–Kier alpha value is -3.07. The Morgan fingerprint density at radius 1 is 1.12 bits per heavy atom. The number of fused-ring (bicyclic) bond motifs is 2. The maximum Gasteiger partial charge on any atom is 0.311 e. The molecule has 5 unspecified atom stereocenters. The number of hydrogen-bond donors (Lipinski definition) is 3. The Bertz CT molecular complexity index is 1300. The molecule has 0 aromatic heterocycles. The number of hydrogen-bond acceptors (Lipinski definition) is 6. The maximum atomic E-state index is 13.0. The molecule has 2 aliphatic heterocycles. The highest BCUT2D eigenvalue weighted by molar-refractivity contribution is 6.30. The van der Waals surface area contributed by atoms with Gasteiger partial charge in [-0.3, -0.25) is 9.59 Å². The van der Waals surface area contributed by atoms with Crippen molar-refractivity contribution in [1.82, 2.24) is 4.90 Å². The van der Waals surface area contributed by atoms with E-state index in [-0.39, 0.29) is 24.2 Å². The summed E-state index contributed by atoms with van der Waals surface area (Å²) in [6.07, 6.45) is 7.70. The molecule has 5 rings (SSSR count). The van der Waals surface area contributed by atoms with Crippen LogP contribution in [0.1, 0.15) is 67.6 Å². The molecule has 3 N–H and O–H groups in total. The number of benzene rings is 2. The smallest absolute Gasteiger partial charge is 0.311 e. The predicted octanol–water partition coefficient (Wildman–Crippen LogP) is 5.25. The van der Waals surface area contributed by atoms with E-state index >= 15 is 0 Å². The number of nitrogens with zero attached hydrogens (tertiary/aromatic N) is 2. The van der Waals surface area contributed by atoms with Crippen LogP contribution in [0.4, 0.5) is 5.69 Å². The highest BCUT2D eigenvalue weighted by Crippen LogP contribution is 2.43. The number of carbonyl (C=O) groups is 2. The van der Waals surface area contributed by atoms with E-state index in [2.05, 4.69) is 24.0 Å². The van der Waals surface area contributed by atoms with Gasteiger partial charge in [0.15, 0.2) is 0 Å². The van der Waals surface area contributed by atoms with Crippen LogP contribution >= 0.6 is 11.6 Å². The lowest BCUT2D eigenvalue weighted by Crippen LogP contribution is -2.44. The van der Waals surface area contributed by atoms with E-state index in [9.17, 15) is 19.8 Å². The van der Waals surface area contributed by atoms with E-state index in [0.29, 0.717) is 43.3 Å². The SMILES string of the molecule is CCCc1cc(Cl)ccc1C1COc2ccc3cc2N(C1)CC1CCC1C(O)/C=C/CCN(C)C(=O)CC3C(=O)O.CO. The second kappa shape index (κ2) is 15.1. The average molecular weight is 613 g/mol. The molecule has 0 radical (unpaired) electrons. The molecule has 0 saturated heterocycles. The number of ether oxygens (including phenoxy) is 1. The van der Waals surface area contributed by atoms with Crippen LogP contribution in [0.5, 0.6) is 5.75 Å². The van der Waals surface area contributed by atoms with Gasteiger partial charge in [0.25, 0.3) is 0 Å². The Morgan fingerprint density at radius 3 is 2.60 bits per heavy atom. The molecule has 2 aromatic rings. The van der Waals surface area contributed by atoms with E-state index in [1.165, 1.54) is 11.1 Å². The fraction of sp³-hybridized carbons (Fsp3) is 0.529. The predicted molar refractivity (Wildman–Crippen MR) is 169 cm³/mol. The Kier molecular flexibility index (Phi) is 11.5. The lowest BCUT2D eigenvalue weighted by atomic mass is 9.70. The quantitative estimate of drug-likeness (QED) is 0.405. The molecule has 0 spiro atoms. The van der Waals surface area contributed by atoms with Gasteiger partial charge in [-0.05, 0) is 78.5 Å². The third-order valence-corrected chi connectivity index (χ3v) is 9.34. The van der Waals surface area contributed by atoms with Gasteiger partial charge < -0.3 is 29.9 Å². The van der Waals surface area contributed by atoms with E-state index < -0.39 is 18.0 Å². The van der Waals surface area contributed by atoms with Crippen molar-refractivity contribution < 1.29 is 29.6 Å². The van der Waals surface area contributed by atoms with Gasteiger partial charge >= 0.3 is 5.97 Å². The first-order chi connectivity index (χ1) is 20.7. The van der Waals surface area contributed by atoms with Gasteiger partial charge in [-0.1, -0.05) is 49.2 Å². The zero-order valence-corrected chi connectivity index (χ0v) is 26.2. The molecule has 9 heteroatoms. The van der Waals surface area contributed by atoms with Gasteiger partial charge in [-0.2, -0.15) is 0 Å². The number of amides is 1. The molecule has 2 heterocycles. The van der Waals surface area contributed by atoms with Crippen molar-refractivity contribution in [2.24, 2.45) is 11.8 Å². The molecule has 1 aliphatic carbocycles. The highest BCUT2D eigenvalue weighted by atomic mass is 35.5. The molecule has 8 nitrogen and oxygen atoms in total. The number of carboxylic acids is 1. The molecule has 1 fully saturated rings. The summed E-state index contributed by atoms with van der Waals surface area (Å²) >= 11 is 6.38. The van der Waals surface area contributed by atoms with Crippen molar-refractivity contribution in [2.75, 3.05) is 45.3 Å². The third-order valence-electron chi connectivity index (χ3n) is 9.11. The molecule has 2 bridgehead atoms. The summed E-state index contributed by atoms with van der Waals surface area (Å²) in [5.41, 5.74) is 3.90. The van der Waals surface area contributed by atoms with Gasteiger partial charge in [0.2, 0.25) is 5.91 Å². The van der Waals surface area contributed by atoms with Crippen molar-refractivity contribution in [3.05, 3.63) is 70.3 Å². The normalized spacial score (nSPS) is 26.6. The fourth-order valence-corrected chi connectivity index (χ4v) is 6.75. The van der Waals surface area contributed by atoms with Crippen LogP contribution < -0.4 is 9.64 Å². The topological polar surface area (TPSA) is 111 Å². The third kappa shape index (κ3) is 7.72. The molecule has 2 aromatic carbocycles. The number of rotatable bonds is 4. The van der Waals surface area contributed by atoms with Crippen LogP contribution in [0.3, 0.4) is 0 Å². The van der Waals surface area contributed by atoms with Crippen molar-refractivity contribution in [2.45, 2.75) is 63.4 Å². The summed E-state index contributed by atoms with van der Waals surface area (Å²) in [5.74, 6) is -0.920. The molecule has 43 heavy (non-hydrogen) atoms. The van der Waals surface area contributed by atoms with E-state index in [1.54, 1.807) is 18.0 Å². The Morgan fingerprint density at radius 2 is 1.91 bits per heavy atom. The summed E-state index contributed by atoms with van der Waals surface area (Å²) in [6, 6.07) is 11.7. The number of carbonyl (C=O) groups excluding carboxylic acids is 1. The molecule has 234 valence electrons. The summed E-state index contributed by atoms with van der Waals surface area (Å²) in [7, 11) is 2.70. The minimum atomic E-state index is -1.01. The van der Waals surface area contributed by atoms with Crippen LogP contribution in [-0.2, 0) is 16.0 Å². The zero-order valence-electron chi connectivity index (χ0n) is 25.4. The number of aliphatic hydroxyl groups excluding tert-OH is 2. The monoisotopic (exact) mass is 612 g/mol. The molecule has 3 aliphatic rings. The van der Waals surface area contributed by atoms with Crippen LogP contribution in [0.15, 0.2) is 48.6 Å². The van der Waals surface area contributed by atoms with E-state index in [1.807, 2.05) is 30.4 Å². The van der Waals surface area contributed by atoms with Gasteiger partial charge in [-0.25, -0.2) is 0 Å². The number of aliphatic hydroxyl groups is 2. The van der Waals surface area contributed by atoms with Crippen LogP contribution in [0.2, 0.25) is 5.02 Å². The minimum absolute atomic E-state index is 0.0871. The minimum Gasteiger partial charge on any atom is -0.491 e. The fourth-order valence-electron chi connectivity index (χ4n) is 6.55. The summed E-state index contributed by atoms with van der Waals surface area (Å²) < 4.78 is 6.42. The molecule has 1 saturated carbocycles. The largest absolute Gasteiger partial charge is 0.491 e.